The van der Waals surface area contributed by atoms with Gasteiger partial charge in [0.1, 0.15) is 5.82 Å². The summed E-state index contributed by atoms with van der Waals surface area (Å²) in [5, 5.41) is 7.01. The van der Waals surface area contributed by atoms with Crippen LogP contribution in [-0.4, -0.2) is 28.8 Å². The number of anilines is 1. The Balaban J connectivity index is 2.47. The molecule has 1 heterocycles. The maximum absolute atomic E-state index is 11.7. The molecule has 18 heavy (non-hydrogen) atoms. The standard InChI is InChI=1S/C12H19N3O3/c1-8-9(2)14-15(3)12(8)13-10(16)6-5-7-11(17)18-4/h5-7H2,1-4H3,(H,13,16). The SMILES string of the molecule is COC(=O)CCCC(=O)Nc1c(C)c(C)nn1C. The lowest BCUT2D eigenvalue weighted by Gasteiger charge is -2.06. The number of nitrogens with zero attached hydrogens (tertiary/aromatic N) is 2. The van der Waals surface area contributed by atoms with Gasteiger partial charge in [0.2, 0.25) is 5.91 Å². The fourth-order valence-corrected chi connectivity index (χ4v) is 1.63. The Bertz CT molecular complexity index is 452. The van der Waals surface area contributed by atoms with Gasteiger partial charge in [0.05, 0.1) is 12.8 Å². The second-order valence-corrected chi connectivity index (χ2v) is 4.16. The summed E-state index contributed by atoms with van der Waals surface area (Å²) in [6.45, 7) is 3.80. The van der Waals surface area contributed by atoms with E-state index in [1.54, 1.807) is 11.7 Å². The third kappa shape index (κ3) is 3.58. The van der Waals surface area contributed by atoms with Crippen LogP contribution in [0.4, 0.5) is 5.82 Å². The molecule has 0 aliphatic heterocycles. The first-order valence-electron chi connectivity index (χ1n) is 5.82. The molecule has 0 aromatic carbocycles. The van der Waals surface area contributed by atoms with Crippen molar-refractivity contribution in [1.29, 1.82) is 0 Å². The number of amides is 1. The molecule has 0 radical (unpaired) electrons. The number of rotatable bonds is 5. The molecule has 0 aliphatic rings. The van der Waals surface area contributed by atoms with Crippen molar-refractivity contribution in [2.45, 2.75) is 33.1 Å². The quantitative estimate of drug-likeness (QED) is 0.803. The number of methoxy groups -OCH3 is 1. The summed E-state index contributed by atoms with van der Waals surface area (Å²) in [5.74, 6) is 0.288. The minimum absolute atomic E-state index is 0.120. The number of aryl methyl sites for hydroxylation is 2. The molecule has 1 N–H and O–H groups in total. The van der Waals surface area contributed by atoms with E-state index in [4.69, 9.17) is 0 Å². The fourth-order valence-electron chi connectivity index (χ4n) is 1.63. The summed E-state index contributed by atoms with van der Waals surface area (Å²) in [7, 11) is 3.12. The molecule has 0 atom stereocenters. The molecule has 1 aromatic heterocycles. The Hall–Kier alpha value is -1.85. The van der Waals surface area contributed by atoms with Crippen LogP contribution in [0.3, 0.4) is 0 Å². The van der Waals surface area contributed by atoms with Crippen molar-refractivity contribution in [3.8, 4) is 0 Å². The van der Waals surface area contributed by atoms with Crippen molar-refractivity contribution in [3.63, 3.8) is 0 Å². The van der Waals surface area contributed by atoms with Crippen LogP contribution in [0.15, 0.2) is 0 Å². The number of aromatic nitrogens is 2. The molecule has 0 fully saturated rings. The zero-order chi connectivity index (χ0) is 13.7. The number of carbonyl (C=O) groups excluding carboxylic acids is 2. The van der Waals surface area contributed by atoms with E-state index >= 15 is 0 Å². The molecule has 6 nitrogen and oxygen atoms in total. The molecule has 100 valence electrons. The first-order chi connectivity index (χ1) is 8.45. The average Bonchev–Trinajstić information content (AvgIpc) is 2.56. The number of carbonyl (C=O) groups is 2. The zero-order valence-electron chi connectivity index (χ0n) is 11.2. The maximum Gasteiger partial charge on any atom is 0.305 e. The molecule has 1 aromatic rings. The Kier molecular flexibility index (Phi) is 4.88. The maximum atomic E-state index is 11.7. The van der Waals surface area contributed by atoms with Crippen molar-refractivity contribution >= 4 is 17.7 Å². The monoisotopic (exact) mass is 253 g/mol. The first-order valence-corrected chi connectivity index (χ1v) is 5.82. The van der Waals surface area contributed by atoms with Gasteiger partial charge in [-0.25, -0.2) is 0 Å². The highest BCUT2D eigenvalue weighted by atomic mass is 16.5. The summed E-state index contributed by atoms with van der Waals surface area (Å²) in [6.07, 6.45) is 1.03. The topological polar surface area (TPSA) is 73.2 Å². The highest BCUT2D eigenvalue weighted by Crippen LogP contribution is 2.17. The Morgan fingerprint density at radius 3 is 2.50 bits per heavy atom. The van der Waals surface area contributed by atoms with Crippen LogP contribution in [0.1, 0.15) is 30.5 Å². The summed E-state index contributed by atoms with van der Waals surface area (Å²) in [5.41, 5.74) is 1.85. The fraction of sp³-hybridized carbons (Fsp3) is 0.583. The second kappa shape index (κ2) is 6.18. The van der Waals surface area contributed by atoms with Gasteiger partial charge in [-0.15, -0.1) is 0 Å². The molecular formula is C12H19N3O3. The number of hydrogen-bond donors (Lipinski definition) is 1. The van der Waals surface area contributed by atoms with E-state index in [0.717, 1.165) is 11.3 Å². The van der Waals surface area contributed by atoms with Crippen LogP contribution >= 0.6 is 0 Å². The number of hydrogen-bond acceptors (Lipinski definition) is 4. The van der Waals surface area contributed by atoms with Gasteiger partial charge in [-0.3, -0.25) is 14.3 Å². The predicted octanol–water partition coefficient (Wildman–Crippen LogP) is 1.32. The van der Waals surface area contributed by atoms with Gasteiger partial charge in [0.25, 0.3) is 0 Å². The van der Waals surface area contributed by atoms with Gasteiger partial charge in [-0.05, 0) is 20.3 Å². The van der Waals surface area contributed by atoms with Crippen LogP contribution in [0.5, 0.6) is 0 Å². The molecule has 1 rings (SSSR count). The summed E-state index contributed by atoms with van der Waals surface area (Å²) in [4.78, 5) is 22.6. The van der Waals surface area contributed by atoms with E-state index in [-0.39, 0.29) is 18.3 Å². The lowest BCUT2D eigenvalue weighted by Crippen LogP contribution is -2.15. The van der Waals surface area contributed by atoms with Crippen LogP contribution in [0.2, 0.25) is 0 Å². The van der Waals surface area contributed by atoms with Gasteiger partial charge in [0.15, 0.2) is 0 Å². The van der Waals surface area contributed by atoms with Crippen LogP contribution in [-0.2, 0) is 21.4 Å². The molecular weight excluding hydrogens is 234 g/mol. The number of esters is 1. The van der Waals surface area contributed by atoms with E-state index < -0.39 is 0 Å². The van der Waals surface area contributed by atoms with Gasteiger partial charge >= 0.3 is 5.97 Å². The van der Waals surface area contributed by atoms with Crippen LogP contribution in [0, 0.1) is 13.8 Å². The third-order valence-corrected chi connectivity index (χ3v) is 2.79. The molecule has 0 aliphatic carbocycles. The lowest BCUT2D eigenvalue weighted by atomic mass is 10.2. The van der Waals surface area contributed by atoms with Crippen molar-refractivity contribution in [2.24, 2.45) is 7.05 Å². The smallest absolute Gasteiger partial charge is 0.305 e. The van der Waals surface area contributed by atoms with Crippen molar-refractivity contribution in [1.82, 2.24) is 9.78 Å². The Morgan fingerprint density at radius 2 is 2.00 bits per heavy atom. The third-order valence-electron chi connectivity index (χ3n) is 2.79. The highest BCUT2D eigenvalue weighted by molar-refractivity contribution is 5.90. The van der Waals surface area contributed by atoms with E-state index in [9.17, 15) is 9.59 Å². The average molecular weight is 253 g/mol. The van der Waals surface area contributed by atoms with Crippen LogP contribution in [0.25, 0.3) is 0 Å². The molecule has 6 heteroatoms. The van der Waals surface area contributed by atoms with E-state index in [0.29, 0.717) is 18.7 Å². The predicted molar refractivity (Wildman–Crippen MR) is 67.2 cm³/mol. The minimum Gasteiger partial charge on any atom is -0.469 e. The zero-order valence-corrected chi connectivity index (χ0v) is 11.2. The molecule has 0 saturated heterocycles. The van der Waals surface area contributed by atoms with Gasteiger partial charge in [0, 0.05) is 25.5 Å². The normalized spacial score (nSPS) is 10.2. The van der Waals surface area contributed by atoms with E-state index in [1.165, 1.54) is 7.11 Å². The molecule has 0 saturated carbocycles. The Morgan fingerprint density at radius 1 is 1.33 bits per heavy atom. The number of nitrogens with one attached hydrogen (secondary N) is 1. The minimum atomic E-state index is -0.296. The molecule has 0 unspecified atom stereocenters. The van der Waals surface area contributed by atoms with Gasteiger partial charge < -0.3 is 10.1 Å². The first kappa shape index (κ1) is 14.2. The van der Waals surface area contributed by atoms with Gasteiger partial charge in [-0.1, -0.05) is 0 Å². The lowest BCUT2D eigenvalue weighted by molar-refractivity contribution is -0.140. The van der Waals surface area contributed by atoms with Crippen molar-refractivity contribution in [2.75, 3.05) is 12.4 Å². The van der Waals surface area contributed by atoms with E-state index in [2.05, 4.69) is 15.2 Å². The Labute approximate surface area is 106 Å². The summed E-state index contributed by atoms with van der Waals surface area (Å²) < 4.78 is 6.15. The van der Waals surface area contributed by atoms with Crippen molar-refractivity contribution < 1.29 is 14.3 Å². The second-order valence-electron chi connectivity index (χ2n) is 4.16. The summed E-state index contributed by atoms with van der Waals surface area (Å²) in [6, 6.07) is 0. The van der Waals surface area contributed by atoms with Crippen molar-refractivity contribution in [3.05, 3.63) is 11.3 Å². The molecule has 1 amide bonds. The van der Waals surface area contributed by atoms with Gasteiger partial charge in [-0.2, -0.15) is 5.10 Å². The largest absolute Gasteiger partial charge is 0.469 e. The van der Waals surface area contributed by atoms with Crippen LogP contribution < -0.4 is 5.32 Å². The van der Waals surface area contributed by atoms with E-state index in [1.807, 2.05) is 13.8 Å². The molecule has 0 bridgehead atoms. The number of ether oxygens (including phenoxy) is 1. The summed E-state index contributed by atoms with van der Waals surface area (Å²) >= 11 is 0. The molecule has 0 spiro atoms. The highest BCUT2D eigenvalue weighted by Gasteiger charge is 2.12.